The summed E-state index contributed by atoms with van der Waals surface area (Å²) in [5.41, 5.74) is 0. The van der Waals surface area contributed by atoms with Crippen LogP contribution in [0.15, 0.2) is 0 Å². The second kappa shape index (κ2) is 15.8. The molecule has 0 fully saturated rings. The Balaban J connectivity index is -0.00000392. The molecule has 0 unspecified atom stereocenters. The summed E-state index contributed by atoms with van der Waals surface area (Å²) in [6.45, 7) is 4.39. The van der Waals surface area contributed by atoms with Crippen molar-refractivity contribution in [3.63, 3.8) is 0 Å². The van der Waals surface area contributed by atoms with Crippen molar-refractivity contribution in [1.82, 2.24) is 0 Å². The molecule has 11 nitrogen and oxygen atoms in total. The van der Waals surface area contributed by atoms with Crippen LogP contribution in [0.2, 0.25) is 19.1 Å². The fourth-order valence-electron chi connectivity index (χ4n) is 3.25. The van der Waals surface area contributed by atoms with Crippen LogP contribution >= 0.6 is 0 Å². The minimum Gasteiger partial charge on any atom is -0.748 e. The van der Waals surface area contributed by atoms with Crippen molar-refractivity contribution in [1.29, 1.82) is 0 Å². The van der Waals surface area contributed by atoms with Crippen LogP contribution in [0.25, 0.3) is 0 Å². The van der Waals surface area contributed by atoms with E-state index in [-0.39, 0.29) is 102 Å². The standard InChI is InChI=1S/C14H33NO10S3Si.2Na/c1-29(2,25)14-6-10-15(7-3-11-26(16,17)18,8-4-12-27(19,20)21)9-5-13-28(22,23)24;;/h25H,3-14H2,1-2H3,(H2-,16,17,18,19,20,21,22,23,24);;/q;2*+1/p-1. The molecule has 0 saturated heterocycles. The Bertz CT molecular complexity index is 721. The Kier molecular flexibility index (Phi) is 19.0. The SMILES string of the molecule is C[Si](C)(O)CCC[N+](CCCS(=O)(=O)[O-])(CCCS(=O)(=O)[O-])CCCS(=O)(=O)O.[Na+].[Na+]. The molecule has 0 aliphatic rings. The van der Waals surface area contributed by atoms with Crippen molar-refractivity contribution in [3.8, 4) is 0 Å². The molecule has 0 aromatic carbocycles. The third-order valence-electron chi connectivity index (χ3n) is 4.51. The maximum atomic E-state index is 11.0. The zero-order valence-electron chi connectivity index (χ0n) is 18.8. The van der Waals surface area contributed by atoms with Gasteiger partial charge in [-0.25, -0.2) is 16.8 Å². The molecule has 0 aliphatic carbocycles. The Morgan fingerprint density at radius 3 is 1.32 bits per heavy atom. The van der Waals surface area contributed by atoms with Gasteiger partial charge in [-0.05, 0) is 25.6 Å². The molecule has 0 bridgehead atoms. The minimum absolute atomic E-state index is 0. The van der Waals surface area contributed by atoms with E-state index in [1.54, 1.807) is 13.1 Å². The molecule has 0 radical (unpaired) electrons. The zero-order chi connectivity index (χ0) is 23.0. The molecule has 0 spiro atoms. The van der Waals surface area contributed by atoms with E-state index >= 15 is 0 Å². The van der Waals surface area contributed by atoms with Gasteiger partial charge in [-0.15, -0.1) is 0 Å². The van der Waals surface area contributed by atoms with E-state index in [1.807, 2.05) is 0 Å². The van der Waals surface area contributed by atoms with Gasteiger partial charge >= 0.3 is 59.1 Å². The van der Waals surface area contributed by atoms with Crippen molar-refractivity contribution in [2.75, 3.05) is 43.4 Å². The van der Waals surface area contributed by atoms with E-state index in [2.05, 4.69) is 0 Å². The van der Waals surface area contributed by atoms with Crippen molar-refractivity contribution >= 4 is 38.7 Å². The summed E-state index contributed by atoms with van der Waals surface area (Å²) in [6.07, 6.45) is 0.534. The molecule has 176 valence electrons. The predicted molar refractivity (Wildman–Crippen MR) is 108 cm³/mol. The smallest absolute Gasteiger partial charge is 0.748 e. The van der Waals surface area contributed by atoms with Crippen LogP contribution in [-0.4, -0.2) is 99.9 Å². The Morgan fingerprint density at radius 2 is 1.03 bits per heavy atom. The van der Waals surface area contributed by atoms with Gasteiger partial charge in [0, 0.05) is 30.8 Å². The van der Waals surface area contributed by atoms with Gasteiger partial charge in [0.05, 0.1) is 52.2 Å². The first-order chi connectivity index (χ1) is 12.8. The van der Waals surface area contributed by atoms with Crippen molar-refractivity contribution < 1.29 is 107 Å². The molecule has 31 heavy (non-hydrogen) atoms. The molecule has 0 aliphatic heterocycles. The van der Waals surface area contributed by atoms with Crippen LogP contribution in [0, 0.1) is 0 Å². The number of nitrogens with zero attached hydrogens (tertiary/aromatic N) is 1. The van der Waals surface area contributed by atoms with Crippen LogP contribution in [-0.2, 0) is 30.4 Å². The van der Waals surface area contributed by atoms with Gasteiger partial charge < -0.3 is 18.4 Å². The summed E-state index contributed by atoms with van der Waals surface area (Å²) in [6, 6.07) is 0.519. The van der Waals surface area contributed by atoms with Crippen LogP contribution in [0.5, 0.6) is 0 Å². The summed E-state index contributed by atoms with van der Waals surface area (Å²) < 4.78 is 96.7. The molecule has 0 rings (SSSR count). The molecule has 0 saturated carbocycles. The average molecular weight is 545 g/mol. The van der Waals surface area contributed by atoms with Gasteiger partial charge in [-0.1, -0.05) is 0 Å². The van der Waals surface area contributed by atoms with E-state index in [0.717, 1.165) is 0 Å². The largest absolute Gasteiger partial charge is 1.00 e. The first-order valence-corrected chi connectivity index (χ1v) is 17.1. The van der Waals surface area contributed by atoms with E-state index in [4.69, 9.17) is 4.55 Å². The van der Waals surface area contributed by atoms with Gasteiger partial charge in [-0.3, -0.25) is 4.55 Å². The maximum Gasteiger partial charge on any atom is 1.00 e. The molecule has 0 heterocycles. The quantitative estimate of drug-likeness (QED) is 0.107. The van der Waals surface area contributed by atoms with E-state index in [1.165, 1.54) is 0 Å². The van der Waals surface area contributed by atoms with E-state index < -0.39 is 55.9 Å². The third kappa shape index (κ3) is 24.8. The summed E-state index contributed by atoms with van der Waals surface area (Å²) >= 11 is 0. The van der Waals surface area contributed by atoms with Crippen LogP contribution < -0.4 is 59.1 Å². The van der Waals surface area contributed by atoms with E-state index in [9.17, 15) is 39.2 Å². The minimum atomic E-state index is -4.45. The topological polar surface area (TPSA) is 189 Å². The van der Waals surface area contributed by atoms with Crippen molar-refractivity contribution in [2.45, 2.75) is 44.8 Å². The average Bonchev–Trinajstić information content (AvgIpc) is 2.41. The van der Waals surface area contributed by atoms with Gasteiger partial charge in [0.1, 0.15) is 0 Å². The number of hydrogen-bond acceptors (Lipinski definition) is 9. The molecular formula is C14H32NNa2O10S3Si+. The Morgan fingerprint density at radius 1 is 0.710 bits per heavy atom. The number of quaternary nitrogens is 1. The molecule has 17 heteroatoms. The van der Waals surface area contributed by atoms with Gasteiger partial charge in [0.2, 0.25) is 0 Å². The maximum absolute atomic E-state index is 11.0. The van der Waals surface area contributed by atoms with Gasteiger partial charge in [0.15, 0.2) is 8.32 Å². The van der Waals surface area contributed by atoms with Gasteiger partial charge in [0.25, 0.3) is 10.1 Å². The normalized spacial score (nSPS) is 13.4. The Hall–Kier alpha value is 1.87. The summed E-state index contributed by atoms with van der Waals surface area (Å²) in [4.78, 5) is 10.0. The summed E-state index contributed by atoms with van der Waals surface area (Å²) in [5, 5.41) is 0. The zero-order valence-corrected chi connectivity index (χ0v) is 26.3. The molecule has 0 atom stereocenters. The fourth-order valence-corrected chi connectivity index (χ4v) is 5.74. The van der Waals surface area contributed by atoms with E-state index in [0.29, 0.717) is 19.0 Å². The van der Waals surface area contributed by atoms with Crippen LogP contribution in [0.3, 0.4) is 0 Å². The van der Waals surface area contributed by atoms with Crippen LogP contribution in [0.4, 0.5) is 0 Å². The molecule has 0 amide bonds. The predicted octanol–water partition coefficient (Wildman–Crippen LogP) is -6.45. The molecule has 0 aromatic heterocycles. The van der Waals surface area contributed by atoms with Crippen LogP contribution in [0.1, 0.15) is 25.7 Å². The number of hydrogen-bond donors (Lipinski definition) is 2. The second-order valence-corrected chi connectivity index (χ2v) is 16.8. The second-order valence-electron chi connectivity index (χ2n) is 8.02. The first kappa shape index (κ1) is 37.4. The fraction of sp³-hybridized carbons (Fsp3) is 1.00. The molecule has 2 N–H and O–H groups in total. The summed E-state index contributed by atoms with van der Waals surface area (Å²) in [7, 11) is -15.5. The third-order valence-corrected chi connectivity index (χ3v) is 8.47. The van der Waals surface area contributed by atoms with Gasteiger partial charge in [-0.2, -0.15) is 8.42 Å². The monoisotopic (exact) mass is 544 g/mol. The van der Waals surface area contributed by atoms with Crippen molar-refractivity contribution in [2.24, 2.45) is 0 Å². The molecular weight excluding hydrogens is 512 g/mol. The molecule has 0 aromatic rings. The Labute approximate surface area is 231 Å². The first-order valence-electron chi connectivity index (χ1n) is 9.22. The number of rotatable bonds is 16. The summed E-state index contributed by atoms with van der Waals surface area (Å²) in [5.74, 6) is -1.76. The van der Waals surface area contributed by atoms with Crippen molar-refractivity contribution in [3.05, 3.63) is 0 Å².